The molecule has 0 amide bonds. The first kappa shape index (κ1) is 99.1. The van der Waals surface area contributed by atoms with E-state index >= 15 is 0 Å². The van der Waals surface area contributed by atoms with E-state index < -0.39 is 22.9 Å². The Morgan fingerprint density at radius 1 is 0.371 bits per heavy atom. The SMILES string of the molecule is CCC1CC(CC)C2C3CC(C(C(=O)OC)C3C(=O)OC(C)(C)C)C12.CCC1CC(CC)C2C3CC(CC3C(CC(=O)OC)OC(C)=O)C12.CCC1CC(CC)C2C3CC(CC3C(CC(=O)OC)OC3CCCCO3)C12.CCC1CC(CC)C2C3CC(CC3CC(C)(O)CC(=O)OC(C)(C)C)C12.CCC1CC(CC)C2C3CC(CC3CC(O)CC(=O)OC)C12. The Morgan fingerprint density at radius 3 is 1.11 bits per heavy atom. The van der Waals surface area contributed by atoms with E-state index in [9.17, 15) is 43.8 Å². The lowest BCUT2D eigenvalue weighted by Crippen LogP contribution is -2.45. The van der Waals surface area contributed by atoms with Crippen LogP contribution in [0.25, 0.3) is 0 Å². The zero-order chi connectivity index (χ0) is 90.0. The molecule has 1 saturated heterocycles. The van der Waals surface area contributed by atoms with Gasteiger partial charge in [-0.3, -0.25) is 33.6 Å². The van der Waals surface area contributed by atoms with Crippen molar-refractivity contribution in [3.05, 3.63) is 0 Å². The minimum absolute atomic E-state index is 0.0327. The molecule has 2 N–H and O–H groups in total. The number of rotatable bonds is 29. The van der Waals surface area contributed by atoms with Crippen molar-refractivity contribution in [3.8, 4) is 0 Å². The maximum absolute atomic E-state index is 13.0. The molecular weight excluding hydrogens is 1560 g/mol. The van der Waals surface area contributed by atoms with Crippen LogP contribution >= 0.6 is 0 Å². The third-order valence-electron chi connectivity index (χ3n) is 37.8. The van der Waals surface area contributed by atoms with Gasteiger partial charge in [-0.05, 0) is 372 Å². The second kappa shape index (κ2) is 42.3. The van der Waals surface area contributed by atoms with Crippen LogP contribution in [0, 0.1) is 213 Å². The summed E-state index contributed by atoms with van der Waals surface area (Å²) in [6, 6.07) is 0. The van der Waals surface area contributed by atoms with Crippen LogP contribution in [0.2, 0.25) is 0 Å². The van der Waals surface area contributed by atoms with Crippen molar-refractivity contribution in [2.24, 2.45) is 213 Å². The van der Waals surface area contributed by atoms with E-state index in [0.717, 1.165) is 188 Å². The zero-order valence-corrected chi connectivity index (χ0v) is 81.6. The van der Waals surface area contributed by atoms with Crippen LogP contribution in [0.1, 0.15) is 337 Å². The molecule has 18 nitrogen and oxygen atoms in total. The Balaban J connectivity index is 0.000000142. The maximum Gasteiger partial charge on any atom is 0.310 e. The summed E-state index contributed by atoms with van der Waals surface area (Å²) in [6.45, 7) is 38.8. The molecule has 18 heteroatoms. The largest absolute Gasteiger partial charge is 0.469 e. The highest BCUT2D eigenvalue weighted by molar-refractivity contribution is 5.84. The molecule has 0 aromatic rings. The topological polar surface area (TPSA) is 243 Å². The van der Waals surface area contributed by atoms with Crippen LogP contribution in [-0.4, -0.2) is 128 Å². The maximum atomic E-state index is 13.0. The van der Waals surface area contributed by atoms with Gasteiger partial charge < -0.3 is 52.8 Å². The van der Waals surface area contributed by atoms with E-state index in [1.807, 2.05) is 48.5 Å². The molecule has 1 aliphatic heterocycles. The Morgan fingerprint density at radius 2 is 0.726 bits per heavy atom. The molecule has 15 saturated carbocycles. The lowest BCUT2D eigenvalue weighted by Gasteiger charge is -2.40. The van der Waals surface area contributed by atoms with Gasteiger partial charge in [0.05, 0.1) is 83.8 Å². The molecule has 124 heavy (non-hydrogen) atoms. The van der Waals surface area contributed by atoms with Crippen LogP contribution in [0.3, 0.4) is 0 Å². The molecule has 41 unspecified atom stereocenters. The average molecular weight is 1740 g/mol. The fourth-order valence-corrected chi connectivity index (χ4v) is 34.2. The Bertz CT molecular complexity index is 3500. The standard InChI is InChI=1S/C23H38O4.C23H40O3.C21H34O4.C20H32O4.C19H32O3/c1-4-14-10-15(5-2)23-18-12-16(22(14)23)11-17(18)19(13-20(24)25-3)27-21-8-6-7-9-26-21;1-7-14-9-15(8-2)21-18-11-16(20(14)21)10-17(18)12-23(6,25)13-19(24)26-22(3,4)5;1-7-11-9-12(8-2)16-14-10-13(15(11)16)17(19(22)24-6)18(14)20(23)25-21(3,4)5;1-5-12-7-13(6-2)20-16-9-14(19(12)20)8-15(16)17(24-11(3)21)10-18(22)23-4;1-4-11-6-12(5-2)19-16-9-14(18(11)19)7-13(16)8-15(20)10-17(21)22-3/h14-19,21-23H,4-13H2,1-3H3;14-18,20-21,25H,7-13H2,1-6H3;11-18H,7-10H2,1-6H3;12-17,19-20H,5-10H2,1-4H3;11-16,18-20H,4-10H2,1-3H3. The number of aliphatic hydroxyl groups excluding tert-OH is 1. The third-order valence-corrected chi connectivity index (χ3v) is 37.8. The summed E-state index contributed by atoms with van der Waals surface area (Å²) >= 11 is 0. The van der Waals surface area contributed by atoms with Crippen LogP contribution in [-0.2, 0) is 76.2 Å². The fourth-order valence-electron chi connectivity index (χ4n) is 34.2. The summed E-state index contributed by atoms with van der Waals surface area (Å²) in [5.41, 5.74) is -1.96. The molecule has 16 fully saturated rings. The average Bonchev–Trinajstić information content (AvgIpc) is 1.54. The first-order valence-electron chi connectivity index (χ1n) is 51.6. The van der Waals surface area contributed by atoms with Crippen molar-refractivity contribution < 1.29 is 86.4 Å². The van der Waals surface area contributed by atoms with Crippen molar-refractivity contribution in [3.63, 3.8) is 0 Å². The number of esters is 7. The molecule has 708 valence electrons. The van der Waals surface area contributed by atoms with Crippen molar-refractivity contribution in [2.75, 3.05) is 35.0 Å². The number of carbonyl (C=O) groups is 7. The van der Waals surface area contributed by atoms with Crippen LogP contribution in [0.5, 0.6) is 0 Å². The van der Waals surface area contributed by atoms with Crippen LogP contribution in [0.15, 0.2) is 0 Å². The number of aliphatic hydroxyl groups is 2. The van der Waals surface area contributed by atoms with Gasteiger partial charge >= 0.3 is 41.8 Å². The summed E-state index contributed by atoms with van der Waals surface area (Å²) in [7, 11) is 5.73. The summed E-state index contributed by atoms with van der Waals surface area (Å²) in [4.78, 5) is 84.6. The second-order valence-electron chi connectivity index (χ2n) is 46.0. The molecule has 0 aromatic heterocycles. The van der Waals surface area contributed by atoms with Crippen molar-refractivity contribution in [2.45, 2.75) is 378 Å². The van der Waals surface area contributed by atoms with Gasteiger partial charge in [0.25, 0.3) is 0 Å². The van der Waals surface area contributed by atoms with Gasteiger partial charge in [-0.25, -0.2) is 0 Å². The molecule has 16 rings (SSSR count). The van der Waals surface area contributed by atoms with Crippen LogP contribution in [0.4, 0.5) is 0 Å². The normalized spacial score (nSPS) is 42.6. The van der Waals surface area contributed by atoms with E-state index in [1.54, 1.807) is 0 Å². The molecule has 0 aromatic carbocycles. The first-order chi connectivity index (χ1) is 59.0. The third kappa shape index (κ3) is 21.3. The summed E-state index contributed by atoms with van der Waals surface area (Å²) in [5.74, 6) is 23.5. The lowest BCUT2D eigenvalue weighted by atomic mass is 9.65. The first-order valence-corrected chi connectivity index (χ1v) is 51.6. The zero-order valence-electron chi connectivity index (χ0n) is 81.6. The number of hydrogen-bond donors (Lipinski definition) is 2. The minimum atomic E-state index is -0.947. The van der Waals surface area contributed by atoms with E-state index in [-0.39, 0.29) is 97.3 Å². The van der Waals surface area contributed by atoms with Gasteiger partial charge in [-0.15, -0.1) is 0 Å². The van der Waals surface area contributed by atoms with Gasteiger partial charge in [0.2, 0.25) is 0 Å². The summed E-state index contributed by atoms with van der Waals surface area (Å²) < 4.78 is 48.7. The van der Waals surface area contributed by atoms with Gasteiger partial charge in [0.1, 0.15) is 17.3 Å². The Hall–Kier alpha value is -3.87. The summed E-state index contributed by atoms with van der Waals surface area (Å²) in [5, 5.41) is 21.1. The van der Waals surface area contributed by atoms with Gasteiger partial charge in [-0.1, -0.05) is 133 Å². The second-order valence-corrected chi connectivity index (χ2v) is 46.0. The van der Waals surface area contributed by atoms with Crippen LogP contribution < -0.4 is 0 Å². The smallest absolute Gasteiger partial charge is 0.310 e. The molecule has 0 spiro atoms. The molecule has 15 aliphatic carbocycles. The number of ether oxygens (including phenoxy) is 9. The highest BCUT2D eigenvalue weighted by Gasteiger charge is 2.69. The number of methoxy groups -OCH3 is 4. The molecular formula is C106H176O18. The quantitative estimate of drug-likeness (QED) is 0.0522. The summed E-state index contributed by atoms with van der Waals surface area (Å²) in [6.07, 6.45) is 35.7. The molecule has 10 bridgehead atoms. The number of fused-ring (bicyclic) bond motifs is 25. The Kier molecular flexibility index (Phi) is 33.9. The van der Waals surface area contributed by atoms with Gasteiger partial charge in [0, 0.05) is 13.5 Å². The number of hydrogen-bond acceptors (Lipinski definition) is 18. The molecule has 16 aliphatic rings. The van der Waals surface area contributed by atoms with Gasteiger partial charge in [0.15, 0.2) is 6.29 Å². The van der Waals surface area contributed by atoms with E-state index in [2.05, 4.69) is 74.0 Å². The highest BCUT2D eigenvalue weighted by atomic mass is 16.7. The van der Waals surface area contributed by atoms with Crippen molar-refractivity contribution in [1.82, 2.24) is 0 Å². The highest BCUT2D eigenvalue weighted by Crippen LogP contribution is 2.72. The predicted molar refractivity (Wildman–Crippen MR) is 481 cm³/mol. The van der Waals surface area contributed by atoms with Crippen molar-refractivity contribution >= 4 is 41.8 Å². The monoisotopic (exact) mass is 1740 g/mol. The lowest BCUT2D eigenvalue weighted by molar-refractivity contribution is -0.208. The number of carbonyl (C=O) groups excluding carboxylic acids is 7. The fraction of sp³-hybridized carbons (Fsp3) is 0.934. The van der Waals surface area contributed by atoms with E-state index in [0.29, 0.717) is 65.6 Å². The van der Waals surface area contributed by atoms with E-state index in [1.165, 1.54) is 177 Å². The van der Waals surface area contributed by atoms with Crippen molar-refractivity contribution in [1.29, 1.82) is 0 Å². The molecule has 41 atom stereocenters. The molecule has 0 radical (unpaired) electrons. The molecule has 1 heterocycles. The minimum Gasteiger partial charge on any atom is -0.469 e. The Labute approximate surface area is 750 Å². The van der Waals surface area contributed by atoms with Gasteiger partial charge in [-0.2, -0.15) is 0 Å². The van der Waals surface area contributed by atoms with E-state index in [4.69, 9.17) is 37.9 Å². The predicted octanol–water partition coefficient (Wildman–Crippen LogP) is 21.6.